The first-order valence-electron chi connectivity index (χ1n) is 7.11. The van der Waals surface area contributed by atoms with Crippen molar-refractivity contribution in [1.82, 2.24) is 5.32 Å². The summed E-state index contributed by atoms with van der Waals surface area (Å²) in [6, 6.07) is 4.14. The number of carbonyl (C=O) groups excluding carboxylic acids is 1. The van der Waals surface area contributed by atoms with Gasteiger partial charge in [-0.3, -0.25) is 4.79 Å². The fourth-order valence-electron chi connectivity index (χ4n) is 1.86. The summed E-state index contributed by atoms with van der Waals surface area (Å²) < 4.78 is 5.72. The summed E-state index contributed by atoms with van der Waals surface area (Å²) in [5.41, 5.74) is 9.02. The molecule has 5 heteroatoms. The Balaban J connectivity index is 0.00000400. The van der Waals surface area contributed by atoms with E-state index in [-0.39, 0.29) is 18.3 Å². The zero-order chi connectivity index (χ0) is 15.1. The van der Waals surface area contributed by atoms with Crippen LogP contribution in [0.25, 0.3) is 0 Å². The van der Waals surface area contributed by atoms with Crippen LogP contribution in [0, 0.1) is 26.7 Å². The predicted molar refractivity (Wildman–Crippen MR) is 89.2 cm³/mol. The van der Waals surface area contributed by atoms with E-state index in [0.29, 0.717) is 32.0 Å². The Morgan fingerprint density at radius 2 is 2.00 bits per heavy atom. The van der Waals surface area contributed by atoms with Gasteiger partial charge in [0.1, 0.15) is 5.75 Å². The molecule has 0 aromatic heterocycles. The highest BCUT2D eigenvalue weighted by atomic mass is 35.5. The molecule has 1 unspecified atom stereocenters. The Hall–Kier alpha value is -1.26. The van der Waals surface area contributed by atoms with Crippen LogP contribution >= 0.6 is 12.4 Å². The first-order chi connectivity index (χ1) is 9.43. The normalized spacial score (nSPS) is 11.5. The van der Waals surface area contributed by atoms with Crippen LogP contribution in [0.15, 0.2) is 12.1 Å². The number of nitrogens with two attached hydrogens (primary N) is 1. The van der Waals surface area contributed by atoms with Crippen LogP contribution in [0.4, 0.5) is 0 Å². The van der Waals surface area contributed by atoms with Crippen LogP contribution in [0.3, 0.4) is 0 Å². The minimum atomic E-state index is 0. The van der Waals surface area contributed by atoms with Gasteiger partial charge in [0.15, 0.2) is 0 Å². The fourth-order valence-corrected chi connectivity index (χ4v) is 1.86. The molecular weight excluding hydrogens is 288 g/mol. The average molecular weight is 315 g/mol. The van der Waals surface area contributed by atoms with E-state index in [1.165, 1.54) is 11.1 Å². The molecule has 0 bridgehead atoms. The van der Waals surface area contributed by atoms with Gasteiger partial charge in [0.05, 0.1) is 13.0 Å². The van der Waals surface area contributed by atoms with Crippen molar-refractivity contribution >= 4 is 18.3 Å². The van der Waals surface area contributed by atoms with E-state index < -0.39 is 0 Å². The number of ether oxygens (including phenoxy) is 1. The quantitative estimate of drug-likeness (QED) is 0.813. The highest BCUT2D eigenvalue weighted by molar-refractivity contribution is 5.85. The van der Waals surface area contributed by atoms with Gasteiger partial charge in [0, 0.05) is 6.54 Å². The summed E-state index contributed by atoms with van der Waals surface area (Å²) in [6.07, 6.45) is 0.365. The van der Waals surface area contributed by atoms with Crippen molar-refractivity contribution < 1.29 is 9.53 Å². The summed E-state index contributed by atoms with van der Waals surface area (Å²) in [5.74, 6) is 1.18. The van der Waals surface area contributed by atoms with Crippen molar-refractivity contribution in [1.29, 1.82) is 0 Å². The molecule has 0 saturated heterocycles. The molecule has 1 aromatic carbocycles. The van der Waals surface area contributed by atoms with Gasteiger partial charge in [-0.25, -0.2) is 0 Å². The lowest BCUT2D eigenvalue weighted by atomic mass is 10.1. The highest BCUT2D eigenvalue weighted by Crippen LogP contribution is 2.23. The minimum Gasteiger partial charge on any atom is -0.493 e. The lowest BCUT2D eigenvalue weighted by molar-refractivity contribution is -0.121. The molecule has 0 radical (unpaired) electrons. The van der Waals surface area contributed by atoms with Gasteiger partial charge < -0.3 is 15.8 Å². The molecule has 0 aliphatic heterocycles. The molecule has 120 valence electrons. The summed E-state index contributed by atoms with van der Waals surface area (Å²) in [7, 11) is 0. The Labute approximate surface area is 133 Å². The molecule has 1 atom stereocenters. The van der Waals surface area contributed by atoms with E-state index >= 15 is 0 Å². The Kier molecular flexibility index (Phi) is 9.06. The molecule has 0 heterocycles. The summed E-state index contributed by atoms with van der Waals surface area (Å²) in [6.45, 7) is 9.75. The molecule has 0 saturated carbocycles. The molecule has 1 amide bonds. The van der Waals surface area contributed by atoms with E-state index in [1.54, 1.807) is 0 Å². The topological polar surface area (TPSA) is 64.3 Å². The van der Waals surface area contributed by atoms with Crippen molar-refractivity contribution in [2.24, 2.45) is 11.7 Å². The zero-order valence-electron chi connectivity index (χ0n) is 13.4. The first kappa shape index (κ1) is 19.7. The second-order valence-corrected chi connectivity index (χ2v) is 5.45. The number of hydrogen-bond acceptors (Lipinski definition) is 3. The first-order valence-corrected chi connectivity index (χ1v) is 7.11. The maximum absolute atomic E-state index is 11.6. The molecule has 0 aliphatic rings. The molecular formula is C16H27ClN2O2. The molecule has 1 rings (SSSR count). The largest absolute Gasteiger partial charge is 0.493 e. The van der Waals surface area contributed by atoms with Crippen molar-refractivity contribution in [3.8, 4) is 5.75 Å². The monoisotopic (exact) mass is 314 g/mol. The van der Waals surface area contributed by atoms with Crippen LogP contribution in [-0.2, 0) is 4.79 Å². The van der Waals surface area contributed by atoms with Gasteiger partial charge >= 0.3 is 0 Å². The molecule has 0 aliphatic carbocycles. The maximum Gasteiger partial charge on any atom is 0.223 e. The highest BCUT2D eigenvalue weighted by Gasteiger charge is 2.07. The number of hydrogen-bond donors (Lipinski definition) is 2. The maximum atomic E-state index is 11.6. The van der Waals surface area contributed by atoms with E-state index in [9.17, 15) is 4.79 Å². The van der Waals surface area contributed by atoms with E-state index in [4.69, 9.17) is 10.5 Å². The molecule has 21 heavy (non-hydrogen) atoms. The van der Waals surface area contributed by atoms with Crippen molar-refractivity contribution in [2.45, 2.75) is 34.1 Å². The number of rotatable bonds is 7. The fraction of sp³-hybridized carbons (Fsp3) is 0.562. The van der Waals surface area contributed by atoms with Gasteiger partial charge in [0.2, 0.25) is 5.91 Å². The van der Waals surface area contributed by atoms with E-state index in [0.717, 1.165) is 11.3 Å². The Bertz CT molecular complexity index is 464. The molecule has 4 nitrogen and oxygen atoms in total. The third-order valence-corrected chi connectivity index (χ3v) is 3.40. The summed E-state index contributed by atoms with van der Waals surface area (Å²) >= 11 is 0. The predicted octanol–water partition coefficient (Wildman–Crippen LogP) is 2.51. The standard InChI is InChI=1S/C16H26N2O2.ClH/c1-11-7-13(3)14(4)15(8-11)20-6-5-16(19)18-10-12(2)9-17;/h7-8,12H,5-6,9-10,17H2,1-4H3,(H,18,19);1H. The summed E-state index contributed by atoms with van der Waals surface area (Å²) in [5, 5.41) is 2.86. The van der Waals surface area contributed by atoms with Gasteiger partial charge in [-0.1, -0.05) is 13.0 Å². The number of carbonyl (C=O) groups is 1. The van der Waals surface area contributed by atoms with E-state index in [1.807, 2.05) is 26.8 Å². The lowest BCUT2D eigenvalue weighted by Gasteiger charge is -2.13. The number of aryl methyl sites for hydroxylation is 2. The third kappa shape index (κ3) is 6.82. The minimum absolute atomic E-state index is 0. The second-order valence-electron chi connectivity index (χ2n) is 5.45. The smallest absolute Gasteiger partial charge is 0.223 e. The Morgan fingerprint density at radius 1 is 1.33 bits per heavy atom. The van der Waals surface area contributed by atoms with Crippen molar-refractivity contribution in [3.05, 3.63) is 28.8 Å². The van der Waals surface area contributed by atoms with Crippen LogP contribution in [-0.4, -0.2) is 25.6 Å². The second kappa shape index (κ2) is 9.64. The lowest BCUT2D eigenvalue weighted by Crippen LogP contribution is -2.32. The number of amides is 1. The number of halogens is 1. The van der Waals surface area contributed by atoms with Gasteiger partial charge in [-0.05, 0) is 56.0 Å². The Morgan fingerprint density at radius 3 is 2.62 bits per heavy atom. The van der Waals surface area contributed by atoms with Crippen LogP contribution in [0.1, 0.15) is 30.0 Å². The van der Waals surface area contributed by atoms with Crippen molar-refractivity contribution in [2.75, 3.05) is 19.7 Å². The summed E-state index contributed by atoms with van der Waals surface area (Å²) in [4.78, 5) is 11.6. The number of benzene rings is 1. The molecule has 0 spiro atoms. The SMILES string of the molecule is Cc1cc(C)c(C)c(OCCC(=O)NCC(C)CN)c1.Cl. The molecule has 1 aromatic rings. The van der Waals surface area contributed by atoms with Crippen LogP contribution in [0.2, 0.25) is 0 Å². The van der Waals surface area contributed by atoms with Gasteiger partial charge in [-0.15, -0.1) is 12.4 Å². The zero-order valence-corrected chi connectivity index (χ0v) is 14.2. The average Bonchev–Trinajstić information content (AvgIpc) is 2.41. The van der Waals surface area contributed by atoms with Crippen molar-refractivity contribution in [3.63, 3.8) is 0 Å². The van der Waals surface area contributed by atoms with Gasteiger partial charge in [0.25, 0.3) is 0 Å². The van der Waals surface area contributed by atoms with Crippen LogP contribution < -0.4 is 15.8 Å². The van der Waals surface area contributed by atoms with E-state index in [2.05, 4.69) is 18.3 Å². The van der Waals surface area contributed by atoms with Crippen LogP contribution in [0.5, 0.6) is 5.75 Å². The molecule has 0 fully saturated rings. The third-order valence-electron chi connectivity index (χ3n) is 3.40. The molecule has 3 N–H and O–H groups in total. The van der Waals surface area contributed by atoms with Gasteiger partial charge in [-0.2, -0.15) is 0 Å². The number of nitrogens with one attached hydrogen (secondary N) is 1.